The quantitative estimate of drug-likeness (QED) is 0.867. The summed E-state index contributed by atoms with van der Waals surface area (Å²) in [4.78, 5) is 13.4. The molecular weight excluding hydrogens is 272 g/mol. The number of benzene rings is 1. The maximum Gasteiger partial charge on any atom is 0.275 e. The molecule has 1 saturated heterocycles. The topological polar surface area (TPSA) is 33.5 Å². The minimum atomic E-state index is 0.126. The van der Waals surface area contributed by atoms with E-state index in [9.17, 15) is 4.79 Å². The van der Waals surface area contributed by atoms with Crippen molar-refractivity contribution in [3.05, 3.63) is 34.9 Å². The smallest absolute Gasteiger partial charge is 0.275 e. The summed E-state index contributed by atoms with van der Waals surface area (Å²) < 4.78 is 0. The number of halogens is 1. The minimum absolute atomic E-state index is 0.126. The van der Waals surface area contributed by atoms with Crippen molar-refractivity contribution in [2.24, 2.45) is 11.8 Å². The van der Waals surface area contributed by atoms with Gasteiger partial charge in [-0.25, -0.2) is 0 Å². The second-order valence-electron chi connectivity index (χ2n) is 6.19. The molecule has 0 radical (unpaired) electrons. The molecule has 0 aliphatic carbocycles. The van der Waals surface area contributed by atoms with Crippen molar-refractivity contribution in [1.82, 2.24) is 5.32 Å². The Morgan fingerprint density at radius 1 is 1.35 bits per heavy atom. The van der Waals surface area contributed by atoms with E-state index < -0.39 is 0 Å². The molecule has 0 spiro atoms. The Balaban J connectivity index is 1.78. The fourth-order valence-corrected chi connectivity index (χ4v) is 3.42. The number of rotatable bonds is 4. The first-order valence-electron chi connectivity index (χ1n) is 7.37. The van der Waals surface area contributed by atoms with E-state index in [1.807, 2.05) is 24.3 Å². The van der Waals surface area contributed by atoms with Crippen molar-refractivity contribution in [1.29, 1.82) is 0 Å². The highest BCUT2D eigenvalue weighted by atomic mass is 35.5. The molecule has 2 rings (SSSR count). The summed E-state index contributed by atoms with van der Waals surface area (Å²) in [5.41, 5.74) is 1.04. The normalized spacial score (nSPS) is 26.2. The third-order valence-electron chi connectivity index (χ3n) is 3.87. The van der Waals surface area contributed by atoms with Crippen molar-refractivity contribution in [3.8, 4) is 0 Å². The number of likely N-dealkylation sites (tertiary alicyclic amines) is 1. The largest absolute Gasteiger partial charge is 0.347 e. The van der Waals surface area contributed by atoms with Gasteiger partial charge in [-0.3, -0.25) is 4.79 Å². The molecule has 1 amide bonds. The van der Waals surface area contributed by atoms with Gasteiger partial charge in [0.1, 0.15) is 0 Å². The van der Waals surface area contributed by atoms with Gasteiger partial charge in [0.2, 0.25) is 0 Å². The Kier molecular flexibility index (Phi) is 5.44. The number of quaternary nitrogens is 1. The third kappa shape index (κ3) is 4.80. The molecule has 20 heavy (non-hydrogen) atoms. The molecule has 1 fully saturated rings. The lowest BCUT2D eigenvalue weighted by molar-refractivity contribution is -0.904. The van der Waals surface area contributed by atoms with Crippen LogP contribution in [0.1, 0.15) is 25.8 Å². The number of carbonyl (C=O) groups is 1. The van der Waals surface area contributed by atoms with Crippen LogP contribution in [0.25, 0.3) is 0 Å². The summed E-state index contributed by atoms with van der Waals surface area (Å²) in [6.07, 6.45) is 1.29. The standard InChI is InChI=1S/C16H23ClN2O/c1-12-6-13(2)10-19(9-12)11-16(20)18-8-14-4-3-5-15(17)7-14/h3-5,7,12-13H,6,8-11H2,1-2H3,(H,18,20)/p+1/t12-,13-/m0/s1. The highest BCUT2D eigenvalue weighted by Crippen LogP contribution is 2.12. The first kappa shape index (κ1) is 15.3. The van der Waals surface area contributed by atoms with E-state index in [0.717, 1.165) is 30.5 Å². The molecule has 0 saturated carbocycles. The molecule has 0 unspecified atom stereocenters. The molecule has 4 heteroatoms. The van der Waals surface area contributed by atoms with Crippen LogP contribution >= 0.6 is 11.6 Å². The molecule has 1 aliphatic heterocycles. The Morgan fingerprint density at radius 3 is 2.70 bits per heavy atom. The Hall–Kier alpha value is -1.06. The van der Waals surface area contributed by atoms with Crippen molar-refractivity contribution in [2.45, 2.75) is 26.8 Å². The van der Waals surface area contributed by atoms with Gasteiger partial charge in [-0.15, -0.1) is 0 Å². The van der Waals surface area contributed by atoms with Gasteiger partial charge < -0.3 is 10.2 Å². The van der Waals surface area contributed by atoms with E-state index in [2.05, 4.69) is 19.2 Å². The van der Waals surface area contributed by atoms with Gasteiger partial charge in [0, 0.05) is 23.4 Å². The van der Waals surface area contributed by atoms with E-state index in [0.29, 0.717) is 18.1 Å². The van der Waals surface area contributed by atoms with Gasteiger partial charge in [0.25, 0.3) is 5.91 Å². The summed E-state index contributed by atoms with van der Waals surface area (Å²) in [7, 11) is 0. The number of piperidine rings is 1. The van der Waals surface area contributed by atoms with Crippen molar-refractivity contribution in [2.75, 3.05) is 19.6 Å². The van der Waals surface area contributed by atoms with Crippen molar-refractivity contribution in [3.63, 3.8) is 0 Å². The van der Waals surface area contributed by atoms with Gasteiger partial charge in [-0.1, -0.05) is 37.6 Å². The lowest BCUT2D eigenvalue weighted by Crippen LogP contribution is -3.15. The van der Waals surface area contributed by atoms with Gasteiger partial charge >= 0.3 is 0 Å². The average molecular weight is 296 g/mol. The summed E-state index contributed by atoms with van der Waals surface area (Å²) in [6.45, 7) is 7.90. The average Bonchev–Trinajstić information content (AvgIpc) is 2.35. The van der Waals surface area contributed by atoms with Crippen molar-refractivity contribution >= 4 is 17.5 Å². The maximum absolute atomic E-state index is 12.0. The van der Waals surface area contributed by atoms with E-state index >= 15 is 0 Å². The van der Waals surface area contributed by atoms with Crippen LogP contribution in [0.3, 0.4) is 0 Å². The fraction of sp³-hybridized carbons (Fsp3) is 0.562. The molecule has 3 nitrogen and oxygen atoms in total. The number of hydrogen-bond donors (Lipinski definition) is 2. The minimum Gasteiger partial charge on any atom is -0.347 e. The van der Waals surface area contributed by atoms with Crippen LogP contribution < -0.4 is 10.2 Å². The molecule has 2 atom stereocenters. The van der Waals surface area contributed by atoms with Crippen LogP contribution in [-0.4, -0.2) is 25.5 Å². The maximum atomic E-state index is 12.0. The van der Waals surface area contributed by atoms with Crippen LogP contribution in [0, 0.1) is 11.8 Å². The summed E-state index contributed by atoms with van der Waals surface area (Å²) in [5.74, 6) is 1.56. The van der Waals surface area contributed by atoms with Gasteiger partial charge in [-0.05, 0) is 24.1 Å². The zero-order valence-electron chi connectivity index (χ0n) is 12.3. The van der Waals surface area contributed by atoms with Gasteiger partial charge in [0.05, 0.1) is 13.1 Å². The molecular formula is C16H24ClN2O+. The fourth-order valence-electron chi connectivity index (χ4n) is 3.20. The lowest BCUT2D eigenvalue weighted by atomic mass is 9.92. The third-order valence-corrected chi connectivity index (χ3v) is 4.10. The molecule has 1 aromatic rings. The monoisotopic (exact) mass is 295 g/mol. The second-order valence-corrected chi connectivity index (χ2v) is 6.62. The zero-order chi connectivity index (χ0) is 14.5. The first-order chi connectivity index (χ1) is 9.52. The van der Waals surface area contributed by atoms with E-state index in [4.69, 9.17) is 11.6 Å². The summed E-state index contributed by atoms with van der Waals surface area (Å²) in [6, 6.07) is 7.61. The molecule has 0 aromatic heterocycles. The molecule has 2 N–H and O–H groups in total. The Morgan fingerprint density at radius 2 is 2.05 bits per heavy atom. The van der Waals surface area contributed by atoms with Crippen LogP contribution in [-0.2, 0) is 11.3 Å². The first-order valence-corrected chi connectivity index (χ1v) is 7.75. The number of hydrogen-bond acceptors (Lipinski definition) is 1. The van der Waals surface area contributed by atoms with Crippen LogP contribution in [0.4, 0.5) is 0 Å². The van der Waals surface area contributed by atoms with Crippen LogP contribution in [0.5, 0.6) is 0 Å². The number of nitrogens with one attached hydrogen (secondary N) is 2. The zero-order valence-corrected chi connectivity index (χ0v) is 13.0. The lowest BCUT2D eigenvalue weighted by Gasteiger charge is -2.31. The highest BCUT2D eigenvalue weighted by Gasteiger charge is 2.26. The van der Waals surface area contributed by atoms with E-state index in [-0.39, 0.29) is 5.91 Å². The Labute approximate surface area is 126 Å². The van der Waals surface area contributed by atoms with Gasteiger partial charge in [0.15, 0.2) is 6.54 Å². The summed E-state index contributed by atoms with van der Waals surface area (Å²) in [5, 5.41) is 3.69. The molecule has 0 bridgehead atoms. The second kappa shape index (κ2) is 7.09. The van der Waals surface area contributed by atoms with E-state index in [1.54, 1.807) is 0 Å². The molecule has 1 aliphatic rings. The number of carbonyl (C=O) groups excluding carboxylic acids is 1. The van der Waals surface area contributed by atoms with E-state index in [1.165, 1.54) is 11.3 Å². The highest BCUT2D eigenvalue weighted by molar-refractivity contribution is 6.30. The predicted octanol–water partition coefficient (Wildman–Crippen LogP) is 1.52. The SMILES string of the molecule is C[C@H]1C[C@H](C)C[NH+](CC(=O)NCc2cccc(Cl)c2)C1. The van der Waals surface area contributed by atoms with Gasteiger partial charge in [-0.2, -0.15) is 0 Å². The van der Waals surface area contributed by atoms with Crippen LogP contribution in [0.2, 0.25) is 5.02 Å². The molecule has 1 heterocycles. The van der Waals surface area contributed by atoms with Crippen molar-refractivity contribution < 1.29 is 9.69 Å². The number of amides is 1. The Bertz CT molecular complexity index is 454. The summed E-state index contributed by atoms with van der Waals surface area (Å²) >= 11 is 5.93. The predicted molar refractivity (Wildman–Crippen MR) is 81.8 cm³/mol. The molecule has 1 aromatic carbocycles. The molecule has 110 valence electrons. The van der Waals surface area contributed by atoms with Crippen LogP contribution in [0.15, 0.2) is 24.3 Å².